The fourth-order valence-electron chi connectivity index (χ4n) is 8.37. The summed E-state index contributed by atoms with van der Waals surface area (Å²) < 4.78 is 0. The van der Waals surface area contributed by atoms with Gasteiger partial charge in [0.05, 0.1) is 11.1 Å². The number of aliphatic imine (C=N–C) groups is 1. The highest BCUT2D eigenvalue weighted by Gasteiger charge is 2.48. The van der Waals surface area contributed by atoms with Crippen molar-refractivity contribution in [1.82, 2.24) is 0 Å². The molecule has 1 unspecified atom stereocenters. The van der Waals surface area contributed by atoms with Crippen LogP contribution in [0.15, 0.2) is 216 Å². The van der Waals surface area contributed by atoms with E-state index in [0.29, 0.717) is 0 Å². The number of hydrogen-bond donors (Lipinski definition) is 3. The van der Waals surface area contributed by atoms with Gasteiger partial charge in [-0.15, -0.1) is 12.6 Å². The standard InChI is InChI=1S/C52H39N3S/c53-51(49(54-35-36-19-6-1-7-20-36)45-31-18-30-42(50(45)56)38-23-10-3-11-24-38)55-48-41(37-21-8-2-9-22-37)33-34-44-43-29-16-17-32-46(43)52(47(44)48,39-25-12-4-13-26-39)40-27-14-5-15-28-40/h1-35,49,56H,(H2,53,55)/b54-35+. The SMILES string of the molecule is N=C(Nc1c(-c2ccccc2)ccc2c1C(c1ccccc1)(c1ccccc1)c1ccccc1-2)C(/N=C/c1ccccc1)c1cccc(-c2ccccc2)c1S. The lowest BCUT2D eigenvalue weighted by molar-refractivity contribution is 0.770. The van der Waals surface area contributed by atoms with Crippen LogP contribution in [0.4, 0.5) is 5.69 Å². The topological polar surface area (TPSA) is 48.2 Å². The van der Waals surface area contributed by atoms with Crippen molar-refractivity contribution in [1.29, 1.82) is 5.41 Å². The fraction of sp³-hybridized carbons (Fsp3) is 0.0385. The lowest BCUT2D eigenvalue weighted by Gasteiger charge is -2.36. The molecule has 4 heteroatoms. The fourth-order valence-corrected chi connectivity index (χ4v) is 8.77. The Kier molecular flexibility index (Phi) is 9.48. The lowest BCUT2D eigenvalue weighted by Crippen LogP contribution is -2.31. The largest absolute Gasteiger partial charge is 0.341 e. The molecule has 2 N–H and O–H groups in total. The van der Waals surface area contributed by atoms with E-state index in [0.717, 1.165) is 66.2 Å². The van der Waals surface area contributed by atoms with Gasteiger partial charge in [-0.2, -0.15) is 0 Å². The number of anilines is 1. The van der Waals surface area contributed by atoms with Crippen LogP contribution in [0.2, 0.25) is 0 Å². The molecule has 8 aromatic rings. The second-order valence-corrected chi connectivity index (χ2v) is 14.5. The number of benzene rings is 8. The highest BCUT2D eigenvalue weighted by atomic mass is 32.1. The molecular formula is C52H39N3S. The molecule has 56 heavy (non-hydrogen) atoms. The zero-order chi connectivity index (χ0) is 37.9. The molecule has 0 saturated heterocycles. The predicted molar refractivity (Wildman–Crippen MR) is 236 cm³/mol. The molecular weight excluding hydrogens is 699 g/mol. The Morgan fingerprint density at radius 2 is 1.02 bits per heavy atom. The first-order valence-electron chi connectivity index (χ1n) is 18.9. The van der Waals surface area contributed by atoms with E-state index in [1.807, 2.05) is 72.9 Å². The molecule has 0 heterocycles. The number of fused-ring (bicyclic) bond motifs is 3. The van der Waals surface area contributed by atoms with Crippen LogP contribution in [-0.2, 0) is 5.41 Å². The van der Waals surface area contributed by atoms with Gasteiger partial charge in [-0.05, 0) is 55.6 Å². The number of amidine groups is 1. The van der Waals surface area contributed by atoms with Crippen molar-refractivity contribution in [2.24, 2.45) is 4.99 Å². The molecule has 0 fully saturated rings. The number of nitrogens with zero attached hydrogens (tertiary/aromatic N) is 1. The molecule has 0 saturated carbocycles. The van der Waals surface area contributed by atoms with Crippen molar-refractivity contribution in [3.8, 4) is 33.4 Å². The van der Waals surface area contributed by atoms with Crippen molar-refractivity contribution in [2.45, 2.75) is 16.4 Å². The molecule has 8 aromatic carbocycles. The number of thiol groups is 1. The van der Waals surface area contributed by atoms with Crippen LogP contribution in [0.3, 0.4) is 0 Å². The van der Waals surface area contributed by atoms with Crippen molar-refractivity contribution in [3.05, 3.63) is 240 Å². The first-order valence-corrected chi connectivity index (χ1v) is 19.3. The minimum Gasteiger partial charge on any atom is -0.341 e. The van der Waals surface area contributed by atoms with Crippen molar-refractivity contribution in [2.75, 3.05) is 5.32 Å². The van der Waals surface area contributed by atoms with Gasteiger partial charge in [0.15, 0.2) is 0 Å². The molecule has 3 nitrogen and oxygen atoms in total. The average molecular weight is 738 g/mol. The van der Waals surface area contributed by atoms with Crippen molar-refractivity contribution in [3.63, 3.8) is 0 Å². The Morgan fingerprint density at radius 3 is 1.64 bits per heavy atom. The Hall–Kier alpha value is -6.75. The maximum absolute atomic E-state index is 10.1. The van der Waals surface area contributed by atoms with E-state index < -0.39 is 11.5 Å². The third-order valence-corrected chi connectivity index (χ3v) is 11.4. The zero-order valence-electron chi connectivity index (χ0n) is 30.7. The Morgan fingerprint density at radius 1 is 0.518 bits per heavy atom. The minimum absolute atomic E-state index is 0.245. The Balaban J connectivity index is 1.30. The van der Waals surface area contributed by atoms with E-state index in [4.69, 9.17) is 17.6 Å². The van der Waals surface area contributed by atoms with E-state index in [2.05, 4.69) is 145 Å². The van der Waals surface area contributed by atoms with Gasteiger partial charge in [-0.3, -0.25) is 10.4 Å². The summed E-state index contributed by atoms with van der Waals surface area (Å²) in [6.45, 7) is 0. The molecule has 0 bridgehead atoms. The van der Waals surface area contributed by atoms with Crippen LogP contribution in [0.25, 0.3) is 33.4 Å². The number of hydrogen-bond acceptors (Lipinski definition) is 3. The van der Waals surface area contributed by atoms with Gasteiger partial charge in [0, 0.05) is 22.2 Å². The highest BCUT2D eigenvalue weighted by molar-refractivity contribution is 7.80. The van der Waals surface area contributed by atoms with Crippen LogP contribution in [0, 0.1) is 5.41 Å². The van der Waals surface area contributed by atoms with E-state index in [1.165, 1.54) is 11.1 Å². The Labute approximate surface area is 334 Å². The summed E-state index contributed by atoms with van der Waals surface area (Å²) in [7, 11) is 0. The Bertz CT molecular complexity index is 2640. The molecule has 9 rings (SSSR count). The van der Waals surface area contributed by atoms with Crippen LogP contribution < -0.4 is 5.32 Å². The minimum atomic E-state index is -0.697. The first kappa shape index (κ1) is 35.0. The summed E-state index contributed by atoms with van der Waals surface area (Å²) in [5, 5.41) is 13.9. The molecule has 1 atom stereocenters. The van der Waals surface area contributed by atoms with E-state index in [-0.39, 0.29) is 5.84 Å². The van der Waals surface area contributed by atoms with Gasteiger partial charge in [-0.25, -0.2) is 0 Å². The first-order chi connectivity index (χ1) is 27.6. The third kappa shape index (κ3) is 6.14. The van der Waals surface area contributed by atoms with Crippen molar-refractivity contribution < 1.29 is 0 Å². The summed E-state index contributed by atoms with van der Waals surface area (Å²) in [4.78, 5) is 5.97. The summed E-state index contributed by atoms with van der Waals surface area (Å²) in [6, 6.07) is 71.1. The highest BCUT2D eigenvalue weighted by Crippen LogP contribution is 2.59. The van der Waals surface area contributed by atoms with E-state index >= 15 is 0 Å². The number of nitrogens with one attached hydrogen (secondary N) is 2. The molecule has 1 aliphatic rings. The van der Waals surface area contributed by atoms with E-state index in [1.54, 1.807) is 0 Å². The summed E-state index contributed by atoms with van der Waals surface area (Å²) in [5.41, 5.74) is 13.0. The quantitative estimate of drug-likeness (QED) is 0.0771. The van der Waals surface area contributed by atoms with Gasteiger partial charge in [0.1, 0.15) is 11.9 Å². The van der Waals surface area contributed by atoms with Gasteiger partial charge in [0.25, 0.3) is 0 Å². The molecule has 0 radical (unpaired) electrons. The molecule has 268 valence electrons. The molecule has 0 amide bonds. The smallest absolute Gasteiger partial charge is 0.133 e. The van der Waals surface area contributed by atoms with E-state index in [9.17, 15) is 5.41 Å². The van der Waals surface area contributed by atoms with Crippen LogP contribution in [-0.4, -0.2) is 12.1 Å². The predicted octanol–water partition coefficient (Wildman–Crippen LogP) is 12.9. The normalized spacial score (nSPS) is 13.2. The van der Waals surface area contributed by atoms with Crippen LogP contribution in [0.1, 0.15) is 39.4 Å². The summed E-state index contributed by atoms with van der Waals surface area (Å²) in [5.74, 6) is 0.245. The van der Waals surface area contributed by atoms with Gasteiger partial charge in [-0.1, -0.05) is 206 Å². The van der Waals surface area contributed by atoms with Crippen LogP contribution >= 0.6 is 12.6 Å². The summed E-state index contributed by atoms with van der Waals surface area (Å²) in [6.07, 6.45) is 1.87. The third-order valence-electron chi connectivity index (χ3n) is 10.9. The molecule has 1 aliphatic carbocycles. The lowest BCUT2D eigenvalue weighted by atomic mass is 9.67. The van der Waals surface area contributed by atoms with Gasteiger partial charge in [0.2, 0.25) is 0 Å². The number of rotatable bonds is 9. The van der Waals surface area contributed by atoms with Gasteiger partial charge < -0.3 is 5.32 Å². The van der Waals surface area contributed by atoms with Crippen molar-refractivity contribution >= 4 is 30.4 Å². The summed E-state index contributed by atoms with van der Waals surface area (Å²) >= 11 is 5.16. The maximum atomic E-state index is 10.1. The second-order valence-electron chi connectivity index (χ2n) is 14.0. The second kappa shape index (κ2) is 15.2. The average Bonchev–Trinajstić information content (AvgIpc) is 3.57. The maximum Gasteiger partial charge on any atom is 0.133 e. The molecule has 0 spiro atoms. The van der Waals surface area contributed by atoms with Gasteiger partial charge >= 0.3 is 0 Å². The zero-order valence-corrected chi connectivity index (χ0v) is 31.6. The molecule has 0 aromatic heterocycles. The monoisotopic (exact) mass is 737 g/mol. The molecule has 0 aliphatic heterocycles. The van der Waals surface area contributed by atoms with Crippen LogP contribution in [0.5, 0.6) is 0 Å².